The minimum atomic E-state index is -1.23. The fraction of sp³-hybridized carbons (Fsp3) is 0.0667. The lowest BCUT2D eigenvalue weighted by Crippen LogP contribution is -2.29. The summed E-state index contributed by atoms with van der Waals surface area (Å²) in [6, 6.07) is 5.36. The van der Waals surface area contributed by atoms with Crippen molar-refractivity contribution in [1.82, 2.24) is 15.3 Å². The van der Waals surface area contributed by atoms with Crippen molar-refractivity contribution in [1.29, 1.82) is 0 Å². The zero-order valence-corrected chi connectivity index (χ0v) is 12.0. The van der Waals surface area contributed by atoms with Crippen LogP contribution in [0, 0.1) is 5.82 Å². The van der Waals surface area contributed by atoms with Crippen molar-refractivity contribution in [3.63, 3.8) is 0 Å². The summed E-state index contributed by atoms with van der Waals surface area (Å²) in [6.07, 6.45) is 1.21. The van der Waals surface area contributed by atoms with Gasteiger partial charge in [-0.15, -0.1) is 0 Å². The molecule has 3 aromatic rings. The maximum Gasteiger partial charge on any atom is 0.322 e. The molecule has 0 saturated carbocycles. The van der Waals surface area contributed by atoms with Gasteiger partial charge in [-0.2, -0.15) is 0 Å². The van der Waals surface area contributed by atoms with E-state index in [-0.39, 0.29) is 22.7 Å². The molecule has 0 radical (unpaired) electrons. The number of hydrogen-bond donors (Lipinski definition) is 3. The van der Waals surface area contributed by atoms with Crippen LogP contribution in [0.3, 0.4) is 0 Å². The minimum Gasteiger partial charge on any atom is -0.503 e. The van der Waals surface area contributed by atoms with Crippen LogP contribution >= 0.6 is 0 Å². The third kappa shape index (κ3) is 2.86. The Balaban J connectivity index is 1.98. The van der Waals surface area contributed by atoms with Gasteiger partial charge in [0.25, 0.3) is 5.91 Å². The van der Waals surface area contributed by atoms with Crippen LogP contribution in [0.2, 0.25) is 0 Å². The van der Waals surface area contributed by atoms with E-state index < -0.39 is 30.0 Å². The molecule has 24 heavy (non-hydrogen) atoms. The third-order valence-corrected chi connectivity index (χ3v) is 3.12. The van der Waals surface area contributed by atoms with Crippen LogP contribution < -0.4 is 5.32 Å². The first kappa shape index (κ1) is 15.4. The van der Waals surface area contributed by atoms with E-state index in [0.29, 0.717) is 5.56 Å². The number of nitrogens with one attached hydrogen (secondary N) is 1. The summed E-state index contributed by atoms with van der Waals surface area (Å²) in [4.78, 5) is 30.2. The van der Waals surface area contributed by atoms with E-state index in [1.165, 1.54) is 30.5 Å². The van der Waals surface area contributed by atoms with E-state index >= 15 is 0 Å². The second-order valence-electron chi connectivity index (χ2n) is 4.77. The molecule has 2 aromatic heterocycles. The highest BCUT2D eigenvalue weighted by molar-refractivity contribution is 6.00. The number of nitrogens with zero attached hydrogens (tertiary/aromatic N) is 2. The summed E-state index contributed by atoms with van der Waals surface area (Å²) < 4.78 is 18.4. The number of halogens is 1. The number of fused-ring (bicyclic) bond motifs is 1. The maximum atomic E-state index is 13.0. The number of carboxylic acids is 1. The molecule has 0 aliphatic heterocycles. The van der Waals surface area contributed by atoms with Crippen molar-refractivity contribution in [2.45, 2.75) is 0 Å². The lowest BCUT2D eigenvalue weighted by Gasteiger charge is -2.03. The van der Waals surface area contributed by atoms with Crippen LogP contribution in [0.5, 0.6) is 5.75 Å². The predicted molar refractivity (Wildman–Crippen MR) is 78.8 cm³/mol. The number of amides is 1. The molecule has 0 unspecified atom stereocenters. The van der Waals surface area contributed by atoms with E-state index in [4.69, 9.17) is 9.52 Å². The average Bonchev–Trinajstić information content (AvgIpc) is 2.98. The van der Waals surface area contributed by atoms with Gasteiger partial charge in [0.2, 0.25) is 11.5 Å². The topological polar surface area (TPSA) is 126 Å². The van der Waals surface area contributed by atoms with Crippen molar-refractivity contribution in [2.75, 3.05) is 6.54 Å². The molecule has 8 nitrogen and oxygen atoms in total. The Morgan fingerprint density at radius 1 is 1.25 bits per heavy atom. The van der Waals surface area contributed by atoms with Crippen LogP contribution in [0.25, 0.3) is 22.6 Å². The number of aliphatic carboxylic acids is 1. The fourth-order valence-corrected chi connectivity index (χ4v) is 2.01. The molecule has 0 saturated heterocycles. The second kappa shape index (κ2) is 5.95. The van der Waals surface area contributed by atoms with Gasteiger partial charge in [-0.05, 0) is 24.3 Å². The van der Waals surface area contributed by atoms with Crippen molar-refractivity contribution in [3.8, 4) is 17.2 Å². The highest BCUT2D eigenvalue weighted by Crippen LogP contribution is 2.31. The predicted octanol–water partition coefficient (Wildman–Crippen LogP) is 1.55. The molecular formula is C15H10FN3O5. The summed E-state index contributed by atoms with van der Waals surface area (Å²) in [5.41, 5.74) is 0.209. The smallest absolute Gasteiger partial charge is 0.322 e. The fourth-order valence-electron chi connectivity index (χ4n) is 2.01. The van der Waals surface area contributed by atoms with Crippen molar-refractivity contribution in [3.05, 3.63) is 42.0 Å². The highest BCUT2D eigenvalue weighted by atomic mass is 19.1. The molecule has 0 bridgehead atoms. The molecule has 122 valence electrons. The molecule has 1 aromatic carbocycles. The molecule has 0 aliphatic carbocycles. The van der Waals surface area contributed by atoms with Gasteiger partial charge in [0, 0.05) is 5.56 Å². The van der Waals surface area contributed by atoms with Crippen LogP contribution in [0.15, 0.2) is 34.9 Å². The molecule has 0 atom stereocenters. The quantitative estimate of drug-likeness (QED) is 0.662. The molecule has 3 N–H and O–H groups in total. The highest BCUT2D eigenvalue weighted by Gasteiger charge is 2.20. The first-order valence-electron chi connectivity index (χ1n) is 6.70. The summed E-state index contributed by atoms with van der Waals surface area (Å²) in [5, 5.41) is 20.8. The first-order valence-corrected chi connectivity index (χ1v) is 6.70. The lowest BCUT2D eigenvalue weighted by atomic mass is 10.2. The van der Waals surface area contributed by atoms with E-state index in [2.05, 4.69) is 15.3 Å². The Kier molecular flexibility index (Phi) is 3.82. The number of pyridine rings is 1. The Morgan fingerprint density at radius 2 is 1.96 bits per heavy atom. The summed E-state index contributed by atoms with van der Waals surface area (Å²) in [6.45, 7) is -0.616. The number of aromatic hydroxyl groups is 1. The maximum absolute atomic E-state index is 13.0. The normalized spacial score (nSPS) is 10.7. The van der Waals surface area contributed by atoms with Gasteiger partial charge < -0.3 is 19.9 Å². The van der Waals surface area contributed by atoms with Gasteiger partial charge >= 0.3 is 5.97 Å². The standard InChI is InChI=1S/C15H10FN3O5/c16-8-3-1-7(2-4-8)15-19-9-5-17-11(12(22)13(9)24-15)14(23)18-6-10(20)21/h1-5,22H,6H2,(H,18,23)(H,20,21). The monoisotopic (exact) mass is 331 g/mol. The molecule has 1 amide bonds. The summed E-state index contributed by atoms with van der Waals surface area (Å²) in [7, 11) is 0. The zero-order valence-electron chi connectivity index (χ0n) is 12.0. The van der Waals surface area contributed by atoms with Crippen molar-refractivity contribution >= 4 is 23.0 Å². The molecular weight excluding hydrogens is 321 g/mol. The second-order valence-corrected chi connectivity index (χ2v) is 4.77. The Morgan fingerprint density at radius 3 is 2.62 bits per heavy atom. The van der Waals surface area contributed by atoms with E-state index in [1.54, 1.807) is 0 Å². The number of hydrogen-bond acceptors (Lipinski definition) is 6. The van der Waals surface area contributed by atoms with E-state index in [9.17, 15) is 19.1 Å². The van der Waals surface area contributed by atoms with E-state index in [1.807, 2.05) is 0 Å². The first-order chi connectivity index (χ1) is 11.5. The average molecular weight is 331 g/mol. The number of benzene rings is 1. The Hall–Kier alpha value is -3.49. The van der Waals surface area contributed by atoms with Crippen molar-refractivity contribution < 1.29 is 28.6 Å². The van der Waals surface area contributed by atoms with Gasteiger partial charge in [-0.25, -0.2) is 14.4 Å². The Labute approximate surface area is 133 Å². The molecule has 0 aliphatic rings. The number of oxazole rings is 1. The molecule has 9 heteroatoms. The van der Waals surface area contributed by atoms with Crippen LogP contribution in [0.1, 0.15) is 10.5 Å². The molecule has 2 heterocycles. The third-order valence-electron chi connectivity index (χ3n) is 3.12. The van der Waals surface area contributed by atoms with Crippen LogP contribution in [-0.2, 0) is 4.79 Å². The van der Waals surface area contributed by atoms with Gasteiger partial charge in [-0.3, -0.25) is 9.59 Å². The van der Waals surface area contributed by atoms with E-state index in [0.717, 1.165) is 0 Å². The number of rotatable bonds is 4. The van der Waals surface area contributed by atoms with Crippen LogP contribution in [0.4, 0.5) is 4.39 Å². The number of aromatic nitrogens is 2. The molecule has 3 rings (SSSR count). The lowest BCUT2D eigenvalue weighted by molar-refractivity contribution is -0.135. The Bertz CT molecular complexity index is 936. The molecule has 0 fully saturated rings. The van der Waals surface area contributed by atoms with Crippen LogP contribution in [-0.4, -0.2) is 38.6 Å². The van der Waals surface area contributed by atoms with Crippen molar-refractivity contribution in [2.24, 2.45) is 0 Å². The summed E-state index contributed by atoms with van der Waals surface area (Å²) >= 11 is 0. The van der Waals surface area contributed by atoms with Gasteiger partial charge in [0.05, 0.1) is 6.20 Å². The zero-order chi connectivity index (χ0) is 17.3. The number of carbonyl (C=O) groups is 2. The van der Waals surface area contributed by atoms with Gasteiger partial charge in [0.1, 0.15) is 17.9 Å². The summed E-state index contributed by atoms with van der Waals surface area (Å²) in [5.74, 6) is -2.96. The SMILES string of the molecule is O=C(O)CNC(=O)c1ncc2nc(-c3ccc(F)cc3)oc2c1O. The minimum absolute atomic E-state index is 0.0789. The van der Waals surface area contributed by atoms with Gasteiger partial charge in [0.15, 0.2) is 11.4 Å². The van der Waals surface area contributed by atoms with Gasteiger partial charge in [-0.1, -0.05) is 0 Å². The largest absolute Gasteiger partial charge is 0.503 e. The number of carboxylic acid groups (broad SMARTS) is 1. The molecule has 0 spiro atoms. The number of carbonyl (C=O) groups excluding carboxylic acids is 1.